The highest BCUT2D eigenvalue weighted by atomic mass is 19.4. The summed E-state index contributed by atoms with van der Waals surface area (Å²) in [7, 11) is 0. The van der Waals surface area contributed by atoms with Gasteiger partial charge >= 0.3 is 6.18 Å². The Hall–Kier alpha value is -2.96. The molecule has 1 aromatic carbocycles. The minimum Gasteiger partial charge on any atom is -0.310 e. The van der Waals surface area contributed by atoms with Crippen LogP contribution in [0, 0.1) is 0 Å². The van der Waals surface area contributed by atoms with Gasteiger partial charge < -0.3 is 4.57 Å². The molecule has 24 heavy (non-hydrogen) atoms. The summed E-state index contributed by atoms with van der Waals surface area (Å²) in [6, 6.07) is 7.87. The molecular formula is C17H12F3N3O. The van der Waals surface area contributed by atoms with E-state index >= 15 is 0 Å². The molecule has 7 heteroatoms. The number of alkyl halides is 3. The highest BCUT2D eigenvalue weighted by molar-refractivity contribution is 5.63. The fourth-order valence-electron chi connectivity index (χ4n) is 2.35. The molecule has 0 atom stereocenters. The van der Waals surface area contributed by atoms with Crippen LogP contribution in [0.2, 0.25) is 0 Å². The number of pyridine rings is 1. The normalized spacial score (nSPS) is 11.5. The third kappa shape index (κ3) is 3.34. The van der Waals surface area contributed by atoms with E-state index in [1.807, 2.05) is 0 Å². The molecule has 0 saturated heterocycles. The summed E-state index contributed by atoms with van der Waals surface area (Å²) in [5, 5.41) is 0. The third-order valence-corrected chi connectivity index (χ3v) is 3.49. The minimum absolute atomic E-state index is 0.209. The first-order valence-electron chi connectivity index (χ1n) is 7.06. The maximum atomic E-state index is 12.9. The van der Waals surface area contributed by atoms with Gasteiger partial charge in [-0.15, -0.1) is 0 Å². The van der Waals surface area contributed by atoms with Crippen LogP contribution < -0.4 is 5.56 Å². The van der Waals surface area contributed by atoms with Gasteiger partial charge in [-0.3, -0.25) is 4.79 Å². The first kappa shape index (κ1) is 15.9. The molecule has 0 aliphatic rings. The van der Waals surface area contributed by atoms with E-state index in [0.717, 1.165) is 17.7 Å². The number of halogens is 3. The zero-order valence-electron chi connectivity index (χ0n) is 12.4. The van der Waals surface area contributed by atoms with E-state index in [1.165, 1.54) is 29.1 Å². The minimum atomic E-state index is -4.45. The molecule has 0 radical (unpaired) electrons. The number of benzene rings is 1. The Labute approximate surface area is 135 Å². The van der Waals surface area contributed by atoms with Gasteiger partial charge in [0.15, 0.2) is 0 Å². The summed E-state index contributed by atoms with van der Waals surface area (Å²) in [5.74, 6) is 0. The average Bonchev–Trinajstić information content (AvgIpc) is 2.57. The Morgan fingerprint density at radius 2 is 1.79 bits per heavy atom. The fraction of sp³-hybridized carbons (Fsp3) is 0.118. The second-order valence-corrected chi connectivity index (χ2v) is 5.18. The van der Waals surface area contributed by atoms with E-state index in [0.29, 0.717) is 0 Å². The lowest BCUT2D eigenvalue weighted by Crippen LogP contribution is -2.21. The molecule has 0 aliphatic heterocycles. The molecule has 122 valence electrons. The molecule has 3 aromatic rings. The first-order chi connectivity index (χ1) is 11.4. The number of rotatable bonds is 3. The van der Waals surface area contributed by atoms with Crippen LogP contribution in [-0.4, -0.2) is 14.5 Å². The van der Waals surface area contributed by atoms with Crippen LogP contribution in [0.15, 0.2) is 66.1 Å². The largest absolute Gasteiger partial charge is 0.416 e. The van der Waals surface area contributed by atoms with Crippen molar-refractivity contribution in [1.29, 1.82) is 0 Å². The van der Waals surface area contributed by atoms with Crippen LogP contribution in [0.25, 0.3) is 11.1 Å². The van der Waals surface area contributed by atoms with E-state index in [2.05, 4.69) is 9.97 Å². The molecule has 0 bridgehead atoms. The second kappa shape index (κ2) is 6.27. The van der Waals surface area contributed by atoms with Crippen molar-refractivity contribution < 1.29 is 13.2 Å². The van der Waals surface area contributed by atoms with Crippen molar-refractivity contribution >= 4 is 0 Å². The second-order valence-electron chi connectivity index (χ2n) is 5.18. The van der Waals surface area contributed by atoms with Crippen molar-refractivity contribution in [1.82, 2.24) is 14.5 Å². The van der Waals surface area contributed by atoms with E-state index in [-0.39, 0.29) is 23.2 Å². The van der Waals surface area contributed by atoms with Crippen molar-refractivity contribution in [3.05, 3.63) is 82.8 Å². The molecule has 0 spiro atoms. The maximum Gasteiger partial charge on any atom is 0.416 e. The molecule has 4 nitrogen and oxygen atoms in total. The zero-order valence-corrected chi connectivity index (χ0v) is 12.4. The topological polar surface area (TPSA) is 47.8 Å². The van der Waals surface area contributed by atoms with Gasteiger partial charge in [-0.05, 0) is 29.8 Å². The number of hydrogen-bond donors (Lipinski definition) is 0. The summed E-state index contributed by atoms with van der Waals surface area (Å²) in [4.78, 5) is 20.3. The fourth-order valence-corrected chi connectivity index (χ4v) is 2.35. The summed E-state index contributed by atoms with van der Waals surface area (Å²) >= 11 is 0. The zero-order chi connectivity index (χ0) is 17.2. The molecule has 2 heterocycles. The molecule has 0 amide bonds. The molecular weight excluding hydrogens is 319 g/mol. The summed E-state index contributed by atoms with van der Waals surface area (Å²) < 4.78 is 40.0. The number of hydrogen-bond acceptors (Lipinski definition) is 3. The standard InChI is InChI=1S/C17H12F3N3O/c18-17(19,20)14-4-1-3-13(7-14)15-5-2-6-23(16(15)24)10-12-8-21-11-22-9-12/h1-9,11H,10H2. The Morgan fingerprint density at radius 3 is 2.50 bits per heavy atom. The Kier molecular flexibility index (Phi) is 4.16. The molecule has 0 saturated carbocycles. The summed E-state index contributed by atoms with van der Waals surface area (Å²) in [5.41, 5.74) is 0.00154. The van der Waals surface area contributed by atoms with Crippen LogP contribution in [-0.2, 0) is 12.7 Å². The van der Waals surface area contributed by atoms with Gasteiger partial charge in [-0.1, -0.05) is 12.1 Å². The van der Waals surface area contributed by atoms with E-state index in [1.54, 1.807) is 24.7 Å². The predicted octanol–water partition coefficient (Wildman–Crippen LogP) is 3.37. The highest BCUT2D eigenvalue weighted by Gasteiger charge is 2.30. The van der Waals surface area contributed by atoms with Crippen molar-refractivity contribution in [2.75, 3.05) is 0 Å². The third-order valence-electron chi connectivity index (χ3n) is 3.49. The van der Waals surface area contributed by atoms with Crippen LogP contribution in [0.1, 0.15) is 11.1 Å². The molecule has 0 fully saturated rings. The van der Waals surface area contributed by atoms with Crippen LogP contribution in [0.5, 0.6) is 0 Å². The van der Waals surface area contributed by atoms with Crippen molar-refractivity contribution in [3.63, 3.8) is 0 Å². The van der Waals surface area contributed by atoms with Crippen molar-refractivity contribution in [3.8, 4) is 11.1 Å². The lowest BCUT2D eigenvalue weighted by atomic mass is 10.0. The van der Waals surface area contributed by atoms with Gasteiger partial charge in [-0.25, -0.2) is 9.97 Å². The molecule has 0 aliphatic carbocycles. The molecule has 3 rings (SSSR count). The Balaban J connectivity index is 2.01. The lowest BCUT2D eigenvalue weighted by Gasteiger charge is -2.10. The number of aromatic nitrogens is 3. The van der Waals surface area contributed by atoms with E-state index in [9.17, 15) is 18.0 Å². The van der Waals surface area contributed by atoms with E-state index in [4.69, 9.17) is 0 Å². The molecule has 2 aromatic heterocycles. The monoisotopic (exact) mass is 331 g/mol. The molecule has 0 N–H and O–H groups in total. The van der Waals surface area contributed by atoms with Gasteiger partial charge in [0, 0.05) is 29.7 Å². The van der Waals surface area contributed by atoms with Crippen molar-refractivity contribution in [2.24, 2.45) is 0 Å². The van der Waals surface area contributed by atoms with Crippen LogP contribution in [0.4, 0.5) is 13.2 Å². The predicted molar refractivity (Wildman–Crippen MR) is 82.3 cm³/mol. The maximum absolute atomic E-state index is 12.9. The summed E-state index contributed by atoms with van der Waals surface area (Å²) in [6.07, 6.45) is 1.66. The van der Waals surface area contributed by atoms with Gasteiger partial charge in [-0.2, -0.15) is 13.2 Å². The van der Waals surface area contributed by atoms with Crippen molar-refractivity contribution in [2.45, 2.75) is 12.7 Å². The smallest absolute Gasteiger partial charge is 0.310 e. The van der Waals surface area contributed by atoms with E-state index < -0.39 is 11.7 Å². The molecule has 0 unspecified atom stereocenters. The quantitative estimate of drug-likeness (QED) is 0.739. The Bertz CT molecular complexity index is 905. The first-order valence-corrected chi connectivity index (χ1v) is 7.06. The highest BCUT2D eigenvalue weighted by Crippen LogP contribution is 2.31. The SMILES string of the molecule is O=c1c(-c2cccc(C(F)(F)F)c2)cccn1Cc1cncnc1. The van der Waals surface area contributed by atoms with Gasteiger partial charge in [0.1, 0.15) is 6.33 Å². The van der Waals surface area contributed by atoms with Crippen LogP contribution >= 0.6 is 0 Å². The lowest BCUT2D eigenvalue weighted by molar-refractivity contribution is -0.137. The van der Waals surface area contributed by atoms with Gasteiger partial charge in [0.2, 0.25) is 0 Å². The summed E-state index contributed by atoms with van der Waals surface area (Å²) in [6.45, 7) is 0.243. The van der Waals surface area contributed by atoms with Gasteiger partial charge in [0.25, 0.3) is 5.56 Å². The average molecular weight is 331 g/mol. The van der Waals surface area contributed by atoms with Crippen LogP contribution in [0.3, 0.4) is 0 Å². The number of nitrogens with zero attached hydrogens (tertiary/aromatic N) is 3. The van der Waals surface area contributed by atoms with Gasteiger partial charge in [0.05, 0.1) is 12.1 Å². The Morgan fingerprint density at radius 1 is 1.04 bits per heavy atom.